The van der Waals surface area contributed by atoms with Gasteiger partial charge in [0.2, 0.25) is 5.82 Å². The van der Waals surface area contributed by atoms with E-state index in [0.29, 0.717) is 28.3 Å². The fourth-order valence-electron chi connectivity index (χ4n) is 4.17. The van der Waals surface area contributed by atoms with E-state index in [4.69, 9.17) is 4.52 Å². The van der Waals surface area contributed by atoms with E-state index in [1.54, 1.807) is 19.1 Å². The normalized spacial score (nSPS) is 15.9. The van der Waals surface area contributed by atoms with Crippen LogP contribution in [-0.2, 0) is 6.42 Å². The number of urea groups is 1. The summed E-state index contributed by atoms with van der Waals surface area (Å²) < 4.78 is 32.5. The molecule has 1 aliphatic heterocycles. The van der Waals surface area contributed by atoms with Crippen LogP contribution in [0.1, 0.15) is 36.9 Å². The molecule has 0 fully saturated rings. The summed E-state index contributed by atoms with van der Waals surface area (Å²) in [6.45, 7) is 3.86. The highest BCUT2D eigenvalue weighted by Gasteiger charge is 2.36. The minimum absolute atomic E-state index is 0.221. The Hall–Kier alpha value is -4.33. The minimum Gasteiger partial charge on any atom is -0.334 e. The van der Waals surface area contributed by atoms with E-state index in [-0.39, 0.29) is 17.7 Å². The summed E-state index contributed by atoms with van der Waals surface area (Å²) in [7, 11) is 0. The largest absolute Gasteiger partial charge is 0.334 e. The van der Waals surface area contributed by atoms with Gasteiger partial charge >= 0.3 is 6.03 Å². The molecule has 0 aliphatic carbocycles. The SMILES string of the molecule is CCc1ccc(C2NC(=O)N(c3ccc(F)cc3)C(C)=C2c2nc(-c3ccc(F)cc3)no2)cc1. The number of nitrogens with zero attached hydrogens (tertiary/aromatic N) is 3. The first-order valence-electron chi connectivity index (χ1n) is 11.2. The van der Waals surface area contributed by atoms with Gasteiger partial charge in [0.1, 0.15) is 11.6 Å². The van der Waals surface area contributed by atoms with Gasteiger partial charge in [-0.15, -0.1) is 0 Å². The van der Waals surface area contributed by atoms with Crippen LogP contribution in [-0.4, -0.2) is 16.2 Å². The Kier molecular flexibility index (Phi) is 5.86. The van der Waals surface area contributed by atoms with E-state index in [2.05, 4.69) is 22.4 Å². The number of allylic oxidation sites excluding steroid dienone is 1. The molecule has 1 N–H and O–H groups in total. The van der Waals surface area contributed by atoms with Crippen LogP contribution in [0.4, 0.5) is 19.3 Å². The number of benzene rings is 3. The van der Waals surface area contributed by atoms with Crippen LogP contribution in [0.25, 0.3) is 17.0 Å². The van der Waals surface area contributed by atoms with E-state index in [9.17, 15) is 13.6 Å². The lowest BCUT2D eigenvalue weighted by Gasteiger charge is -2.35. The Morgan fingerprint density at radius 1 is 0.943 bits per heavy atom. The Labute approximate surface area is 200 Å². The standard InChI is InChI=1S/C27H22F2N4O2/c1-3-17-4-6-18(7-5-17)24-23(26-31-25(32-35-26)19-8-10-20(28)11-9-19)16(2)33(27(34)30-24)22-14-12-21(29)13-15-22/h4-15,24H,3H2,1-2H3,(H,30,34). The predicted molar refractivity (Wildman–Crippen MR) is 128 cm³/mol. The first-order chi connectivity index (χ1) is 16.9. The fraction of sp³-hybridized carbons (Fsp3) is 0.148. The van der Waals surface area contributed by atoms with Crippen molar-refractivity contribution in [2.75, 3.05) is 4.90 Å². The van der Waals surface area contributed by atoms with Crippen molar-refractivity contribution in [1.29, 1.82) is 0 Å². The third-order valence-electron chi connectivity index (χ3n) is 6.05. The molecule has 35 heavy (non-hydrogen) atoms. The van der Waals surface area contributed by atoms with E-state index in [1.165, 1.54) is 46.9 Å². The van der Waals surface area contributed by atoms with Crippen molar-refractivity contribution in [3.63, 3.8) is 0 Å². The second-order valence-electron chi connectivity index (χ2n) is 8.22. The molecule has 1 aliphatic rings. The number of hydrogen-bond donors (Lipinski definition) is 1. The van der Waals surface area contributed by atoms with Gasteiger partial charge in [0.15, 0.2) is 0 Å². The zero-order valence-corrected chi connectivity index (χ0v) is 19.1. The van der Waals surface area contributed by atoms with E-state index >= 15 is 0 Å². The van der Waals surface area contributed by atoms with E-state index in [0.717, 1.165) is 12.0 Å². The number of aryl methyl sites for hydroxylation is 1. The summed E-state index contributed by atoms with van der Waals surface area (Å²) in [5, 5.41) is 7.11. The minimum atomic E-state index is -0.549. The van der Waals surface area contributed by atoms with Crippen molar-refractivity contribution in [2.45, 2.75) is 26.3 Å². The maximum absolute atomic E-state index is 13.5. The summed E-state index contributed by atoms with van der Waals surface area (Å²) in [5.41, 5.74) is 4.29. The maximum Gasteiger partial charge on any atom is 0.326 e. The van der Waals surface area contributed by atoms with Gasteiger partial charge < -0.3 is 9.84 Å². The summed E-state index contributed by atoms with van der Waals surface area (Å²) in [6, 6.07) is 18.5. The molecule has 2 heterocycles. The van der Waals surface area contributed by atoms with Crippen molar-refractivity contribution in [1.82, 2.24) is 15.5 Å². The number of aromatic nitrogens is 2. The van der Waals surface area contributed by atoms with Crippen LogP contribution in [0.3, 0.4) is 0 Å². The van der Waals surface area contributed by atoms with Crippen molar-refractivity contribution < 1.29 is 18.1 Å². The van der Waals surface area contributed by atoms with Gasteiger partial charge in [0.25, 0.3) is 5.89 Å². The Morgan fingerprint density at radius 3 is 2.20 bits per heavy atom. The third-order valence-corrected chi connectivity index (χ3v) is 6.05. The quantitative estimate of drug-likeness (QED) is 0.371. The molecule has 2 amide bonds. The molecule has 1 atom stereocenters. The van der Waals surface area contributed by atoms with E-state index in [1.807, 2.05) is 24.3 Å². The lowest BCUT2D eigenvalue weighted by molar-refractivity contribution is 0.244. The zero-order chi connectivity index (χ0) is 24.5. The summed E-state index contributed by atoms with van der Waals surface area (Å²) in [4.78, 5) is 19.2. The molecule has 1 unspecified atom stereocenters. The van der Waals surface area contributed by atoms with Gasteiger partial charge in [-0.25, -0.2) is 13.6 Å². The lowest BCUT2D eigenvalue weighted by atomic mass is 9.93. The van der Waals surface area contributed by atoms with Gasteiger partial charge in [-0.1, -0.05) is 36.3 Å². The number of nitrogens with one attached hydrogen (secondary N) is 1. The third kappa shape index (κ3) is 4.30. The van der Waals surface area contributed by atoms with Crippen LogP contribution in [0.5, 0.6) is 0 Å². The van der Waals surface area contributed by atoms with Crippen molar-refractivity contribution in [2.24, 2.45) is 0 Å². The first-order valence-corrected chi connectivity index (χ1v) is 11.2. The summed E-state index contributed by atoms with van der Waals surface area (Å²) >= 11 is 0. The average Bonchev–Trinajstić information content (AvgIpc) is 3.35. The molecular weight excluding hydrogens is 450 g/mol. The Bertz CT molecular complexity index is 1390. The molecule has 3 aromatic carbocycles. The molecule has 176 valence electrons. The van der Waals surface area contributed by atoms with Crippen LogP contribution < -0.4 is 10.2 Å². The molecule has 1 aromatic heterocycles. The number of carbonyl (C=O) groups is 1. The highest BCUT2D eigenvalue weighted by molar-refractivity contribution is 6.01. The average molecular weight is 472 g/mol. The Balaban J connectivity index is 1.63. The van der Waals surface area contributed by atoms with Crippen LogP contribution in [0.15, 0.2) is 83.0 Å². The topological polar surface area (TPSA) is 71.3 Å². The second-order valence-corrected chi connectivity index (χ2v) is 8.22. The molecule has 8 heteroatoms. The molecule has 0 bridgehead atoms. The molecule has 0 spiro atoms. The molecule has 0 saturated heterocycles. The molecular formula is C27H22F2N4O2. The maximum atomic E-state index is 13.5. The number of halogens is 2. The van der Waals surface area contributed by atoms with Crippen LogP contribution >= 0.6 is 0 Å². The summed E-state index contributed by atoms with van der Waals surface area (Å²) in [5.74, 6) is -0.247. The zero-order valence-electron chi connectivity index (χ0n) is 19.1. The molecule has 0 saturated carbocycles. The molecule has 5 rings (SSSR count). The van der Waals surface area contributed by atoms with Gasteiger partial charge in [-0.2, -0.15) is 4.98 Å². The number of rotatable bonds is 5. The number of anilines is 1. The fourth-order valence-corrected chi connectivity index (χ4v) is 4.17. The van der Waals surface area contributed by atoms with Crippen molar-refractivity contribution >= 4 is 17.3 Å². The summed E-state index contributed by atoms with van der Waals surface area (Å²) in [6.07, 6.45) is 0.891. The highest BCUT2D eigenvalue weighted by atomic mass is 19.1. The first kappa shape index (κ1) is 22.5. The van der Waals surface area contributed by atoms with Crippen molar-refractivity contribution in [3.05, 3.63) is 107 Å². The highest BCUT2D eigenvalue weighted by Crippen LogP contribution is 2.39. The van der Waals surface area contributed by atoms with Crippen LogP contribution in [0, 0.1) is 11.6 Å². The Morgan fingerprint density at radius 2 is 1.57 bits per heavy atom. The molecule has 6 nitrogen and oxygen atoms in total. The number of hydrogen-bond acceptors (Lipinski definition) is 4. The van der Waals surface area contributed by atoms with Crippen LogP contribution in [0.2, 0.25) is 0 Å². The predicted octanol–water partition coefficient (Wildman–Crippen LogP) is 6.28. The van der Waals surface area contributed by atoms with Gasteiger partial charge in [-0.05, 0) is 73.0 Å². The number of carbonyl (C=O) groups excluding carboxylic acids is 1. The van der Waals surface area contributed by atoms with Crippen molar-refractivity contribution in [3.8, 4) is 11.4 Å². The monoisotopic (exact) mass is 472 g/mol. The lowest BCUT2D eigenvalue weighted by Crippen LogP contribution is -2.46. The molecule has 4 aromatic rings. The second kappa shape index (κ2) is 9.13. The van der Waals surface area contributed by atoms with E-state index < -0.39 is 11.9 Å². The van der Waals surface area contributed by atoms with Gasteiger partial charge in [0, 0.05) is 11.3 Å². The van der Waals surface area contributed by atoms with Gasteiger partial charge in [0.05, 0.1) is 17.3 Å². The molecule has 0 radical (unpaired) electrons. The number of amides is 2. The van der Waals surface area contributed by atoms with Gasteiger partial charge in [-0.3, -0.25) is 4.90 Å². The smallest absolute Gasteiger partial charge is 0.326 e.